The Bertz CT molecular complexity index is 3050. The van der Waals surface area contributed by atoms with Crippen LogP contribution in [-0.2, 0) is 0 Å². The summed E-state index contributed by atoms with van der Waals surface area (Å²) in [5.74, 6) is 0.493. The highest BCUT2D eigenvalue weighted by Gasteiger charge is 2.20. The summed E-state index contributed by atoms with van der Waals surface area (Å²) in [6.07, 6.45) is 0. The van der Waals surface area contributed by atoms with Crippen LogP contribution in [0.2, 0.25) is 0 Å². The Balaban J connectivity index is 1.19. The minimum Gasteiger partial charge on any atom is -0.456 e. The highest BCUT2D eigenvalue weighted by Crippen LogP contribution is 2.42. The Labute approximate surface area is 300 Å². The molecular weight excluding hydrogens is 625 g/mol. The van der Waals surface area contributed by atoms with Crippen molar-refractivity contribution in [3.05, 3.63) is 182 Å². The van der Waals surface area contributed by atoms with Crippen LogP contribution in [0.3, 0.4) is 0 Å². The van der Waals surface area contributed by atoms with Crippen molar-refractivity contribution < 1.29 is 14.3 Å². The SMILES string of the molecule is [2H]c1c([2H])c(N(c2cccc(-c3ccccc3)c2)c2ccc3c(c2)oc2cccc(-c4nc5ccccc5o4)c23)c([2H])c([2H])c1-c1cccc2ccccc12. The summed E-state index contributed by atoms with van der Waals surface area (Å²) in [6, 6.07) is 50.1. The van der Waals surface area contributed by atoms with Gasteiger partial charge >= 0.3 is 0 Å². The fourth-order valence-corrected chi connectivity index (χ4v) is 6.98. The predicted molar refractivity (Wildman–Crippen MR) is 210 cm³/mol. The number of aromatic nitrogens is 1. The molecule has 0 spiro atoms. The maximum Gasteiger partial charge on any atom is 0.228 e. The van der Waals surface area contributed by atoms with E-state index in [0.29, 0.717) is 39.6 Å². The predicted octanol–water partition coefficient (Wildman–Crippen LogP) is 13.4. The summed E-state index contributed by atoms with van der Waals surface area (Å²) >= 11 is 0. The van der Waals surface area contributed by atoms with E-state index in [2.05, 4.69) is 0 Å². The van der Waals surface area contributed by atoms with Crippen molar-refractivity contribution in [1.29, 1.82) is 0 Å². The van der Waals surface area contributed by atoms with Crippen molar-refractivity contribution in [3.63, 3.8) is 0 Å². The van der Waals surface area contributed by atoms with Gasteiger partial charge in [-0.05, 0) is 93.6 Å². The first-order valence-corrected chi connectivity index (χ1v) is 16.8. The Morgan fingerprint density at radius 1 is 0.451 bits per heavy atom. The Kier molecular flexibility index (Phi) is 5.86. The second-order valence-electron chi connectivity index (χ2n) is 12.5. The van der Waals surface area contributed by atoms with E-state index in [1.807, 2.05) is 158 Å². The third-order valence-electron chi connectivity index (χ3n) is 9.37. The Morgan fingerprint density at radius 3 is 2.06 bits per heavy atom. The lowest BCUT2D eigenvalue weighted by Crippen LogP contribution is -2.10. The largest absolute Gasteiger partial charge is 0.456 e. The smallest absolute Gasteiger partial charge is 0.228 e. The zero-order chi connectivity index (χ0) is 37.2. The Hall–Kier alpha value is -6.91. The van der Waals surface area contributed by atoms with Gasteiger partial charge in [-0.25, -0.2) is 4.98 Å². The van der Waals surface area contributed by atoms with E-state index in [-0.39, 0.29) is 35.4 Å². The van der Waals surface area contributed by atoms with E-state index in [0.717, 1.165) is 43.8 Å². The van der Waals surface area contributed by atoms with Gasteiger partial charge in [0.1, 0.15) is 16.7 Å². The van der Waals surface area contributed by atoms with Crippen LogP contribution in [-0.4, -0.2) is 4.98 Å². The van der Waals surface area contributed by atoms with Gasteiger partial charge in [0.25, 0.3) is 0 Å². The third-order valence-corrected chi connectivity index (χ3v) is 9.37. The van der Waals surface area contributed by atoms with Crippen LogP contribution in [0.4, 0.5) is 17.1 Å². The second kappa shape index (κ2) is 11.9. The molecule has 0 amide bonds. The average Bonchev–Trinajstić information content (AvgIpc) is 3.84. The van der Waals surface area contributed by atoms with E-state index >= 15 is 0 Å². The highest BCUT2D eigenvalue weighted by atomic mass is 16.3. The molecule has 0 unspecified atom stereocenters. The van der Waals surface area contributed by atoms with Gasteiger partial charge in [-0.15, -0.1) is 0 Å². The quantitative estimate of drug-likeness (QED) is 0.178. The third kappa shape index (κ3) is 5.04. The van der Waals surface area contributed by atoms with Crippen LogP contribution in [0, 0.1) is 0 Å². The molecule has 2 aromatic heterocycles. The van der Waals surface area contributed by atoms with Crippen molar-refractivity contribution in [2.45, 2.75) is 0 Å². The van der Waals surface area contributed by atoms with Crippen molar-refractivity contribution in [2.75, 3.05) is 4.90 Å². The van der Waals surface area contributed by atoms with E-state index in [9.17, 15) is 5.48 Å². The molecule has 0 aliphatic carbocycles. The fraction of sp³-hybridized carbons (Fsp3) is 0. The number of para-hydroxylation sites is 2. The van der Waals surface area contributed by atoms with Crippen LogP contribution < -0.4 is 4.90 Å². The van der Waals surface area contributed by atoms with Gasteiger partial charge in [-0.2, -0.15) is 0 Å². The van der Waals surface area contributed by atoms with Crippen LogP contribution in [0.5, 0.6) is 0 Å². The standard InChI is InChI=1S/C47H30N2O2/c1-2-11-31(12-3-1)34-15-8-16-36(29-34)49(35-25-23-33(24-26-35)39-18-9-14-32-13-4-5-17-38(32)39)37-27-28-40-45(30-37)50-44-22-10-19-41(46(40)44)47-48-42-20-6-7-21-43(42)51-47/h1-30H/i23D,24D,25D,26D. The number of nitrogens with zero attached hydrogens (tertiary/aromatic N) is 2. The van der Waals surface area contributed by atoms with E-state index < -0.39 is 0 Å². The summed E-state index contributed by atoms with van der Waals surface area (Å²) in [6.45, 7) is 0. The number of rotatable bonds is 6. The van der Waals surface area contributed by atoms with Crippen molar-refractivity contribution in [1.82, 2.24) is 4.98 Å². The molecule has 0 aliphatic rings. The molecule has 240 valence electrons. The minimum atomic E-state index is -0.156. The first-order chi connectivity index (χ1) is 26.9. The molecule has 0 fully saturated rings. The van der Waals surface area contributed by atoms with E-state index in [1.165, 1.54) is 0 Å². The van der Waals surface area contributed by atoms with Crippen LogP contribution in [0.25, 0.3) is 77.5 Å². The summed E-state index contributed by atoms with van der Waals surface area (Å²) in [5, 5.41) is 3.52. The molecular formula is C47H30N2O2. The minimum absolute atomic E-state index is 0.121. The topological polar surface area (TPSA) is 42.4 Å². The van der Waals surface area contributed by atoms with Crippen LogP contribution >= 0.6 is 0 Å². The fourth-order valence-electron chi connectivity index (χ4n) is 6.98. The Morgan fingerprint density at radius 2 is 1.16 bits per heavy atom. The molecule has 0 atom stereocenters. The van der Waals surface area contributed by atoms with Gasteiger partial charge in [-0.1, -0.05) is 115 Å². The van der Waals surface area contributed by atoms with Gasteiger partial charge < -0.3 is 13.7 Å². The summed E-state index contributed by atoms with van der Waals surface area (Å²) in [7, 11) is 0. The van der Waals surface area contributed by atoms with Gasteiger partial charge in [0.2, 0.25) is 5.89 Å². The number of fused-ring (bicyclic) bond motifs is 5. The number of anilines is 3. The van der Waals surface area contributed by atoms with E-state index in [4.69, 9.17) is 13.8 Å². The lowest BCUT2D eigenvalue weighted by Gasteiger charge is -2.26. The number of hydrogen-bond acceptors (Lipinski definition) is 4. The molecule has 4 heteroatoms. The molecule has 8 aromatic carbocycles. The number of benzene rings is 8. The number of oxazole rings is 1. The van der Waals surface area contributed by atoms with Gasteiger partial charge in [0.15, 0.2) is 5.58 Å². The lowest BCUT2D eigenvalue weighted by atomic mass is 9.98. The lowest BCUT2D eigenvalue weighted by molar-refractivity contribution is 0.620. The molecule has 51 heavy (non-hydrogen) atoms. The number of hydrogen-bond donors (Lipinski definition) is 0. The van der Waals surface area contributed by atoms with Gasteiger partial charge in [0.05, 0.1) is 5.48 Å². The number of furan rings is 1. The van der Waals surface area contributed by atoms with Crippen LogP contribution in [0.1, 0.15) is 5.48 Å². The summed E-state index contributed by atoms with van der Waals surface area (Å²) in [4.78, 5) is 6.57. The molecule has 10 aromatic rings. The molecule has 0 bridgehead atoms. The zero-order valence-electron chi connectivity index (χ0n) is 31.2. The zero-order valence-corrected chi connectivity index (χ0v) is 27.2. The molecule has 2 heterocycles. The maximum absolute atomic E-state index is 9.52. The molecule has 0 N–H and O–H groups in total. The van der Waals surface area contributed by atoms with Gasteiger partial charge in [-0.3, -0.25) is 0 Å². The first-order valence-electron chi connectivity index (χ1n) is 18.8. The first kappa shape index (κ1) is 25.1. The normalized spacial score (nSPS) is 12.6. The highest BCUT2D eigenvalue weighted by molar-refractivity contribution is 6.12. The van der Waals surface area contributed by atoms with Gasteiger partial charge in [0, 0.05) is 39.5 Å². The molecule has 10 rings (SSSR count). The second-order valence-corrected chi connectivity index (χ2v) is 12.5. The molecule has 0 radical (unpaired) electrons. The van der Waals surface area contributed by atoms with E-state index in [1.54, 1.807) is 4.90 Å². The molecule has 0 aliphatic heterocycles. The molecule has 4 nitrogen and oxygen atoms in total. The molecule has 0 saturated carbocycles. The monoisotopic (exact) mass is 658 g/mol. The maximum atomic E-state index is 9.52. The summed E-state index contributed by atoms with van der Waals surface area (Å²) < 4.78 is 50.5. The van der Waals surface area contributed by atoms with Crippen LogP contribution in [0.15, 0.2) is 191 Å². The summed E-state index contributed by atoms with van der Waals surface area (Å²) in [5.41, 5.74) is 7.79. The van der Waals surface area contributed by atoms with Crippen molar-refractivity contribution in [3.8, 4) is 33.7 Å². The van der Waals surface area contributed by atoms with Crippen molar-refractivity contribution >= 4 is 60.9 Å². The molecule has 0 saturated heterocycles. The average molecular weight is 659 g/mol. The van der Waals surface area contributed by atoms with Crippen molar-refractivity contribution in [2.24, 2.45) is 0 Å².